The molecule has 3 aliphatic heterocycles. The number of hydrogen-bond donors (Lipinski definition) is 1. The molecule has 114 valence electrons. The molecule has 4 heteroatoms. The molecule has 0 aliphatic carbocycles. The summed E-state index contributed by atoms with van der Waals surface area (Å²) in [6.45, 7) is 4.79. The summed E-state index contributed by atoms with van der Waals surface area (Å²) in [6.07, 6.45) is 6.52. The molecule has 2 bridgehead atoms. The Morgan fingerprint density at radius 3 is 2.45 bits per heavy atom. The molecule has 0 aromatic carbocycles. The van der Waals surface area contributed by atoms with E-state index in [1.165, 1.54) is 30.8 Å². The van der Waals surface area contributed by atoms with Crippen molar-refractivity contribution in [3.05, 3.63) is 0 Å². The molecule has 3 saturated heterocycles. The third-order valence-corrected chi connectivity index (χ3v) is 6.97. The van der Waals surface area contributed by atoms with Gasteiger partial charge in [-0.05, 0) is 49.2 Å². The Morgan fingerprint density at radius 2 is 1.90 bits per heavy atom. The first-order valence-electron chi connectivity index (χ1n) is 8.01. The van der Waals surface area contributed by atoms with Crippen LogP contribution in [0.25, 0.3) is 0 Å². The highest BCUT2D eigenvalue weighted by Gasteiger charge is 2.46. The largest absolute Gasteiger partial charge is 0.481 e. The molecule has 3 rings (SSSR count). The fourth-order valence-corrected chi connectivity index (χ4v) is 6.10. The number of hydrogen-bond acceptors (Lipinski definition) is 3. The van der Waals surface area contributed by atoms with Crippen LogP contribution < -0.4 is 0 Å². The molecular formula is C16H27NO2S. The van der Waals surface area contributed by atoms with Crippen LogP contribution in [0.1, 0.15) is 52.4 Å². The molecule has 3 nitrogen and oxygen atoms in total. The molecule has 1 N–H and O–H groups in total. The Morgan fingerprint density at radius 1 is 1.25 bits per heavy atom. The van der Waals surface area contributed by atoms with Crippen LogP contribution >= 0.6 is 11.8 Å². The highest BCUT2D eigenvalue weighted by atomic mass is 32.2. The molecule has 3 aliphatic rings. The summed E-state index contributed by atoms with van der Waals surface area (Å²) in [7, 11) is 0. The van der Waals surface area contributed by atoms with Crippen molar-refractivity contribution in [2.45, 2.75) is 70.5 Å². The van der Waals surface area contributed by atoms with E-state index >= 15 is 0 Å². The van der Waals surface area contributed by atoms with Crippen molar-refractivity contribution in [1.29, 1.82) is 0 Å². The van der Waals surface area contributed by atoms with E-state index < -0.39 is 5.97 Å². The van der Waals surface area contributed by atoms with Crippen LogP contribution in [0, 0.1) is 11.3 Å². The second-order valence-electron chi connectivity index (χ2n) is 7.80. The Bertz CT molecular complexity index is 371. The molecule has 3 heterocycles. The zero-order valence-corrected chi connectivity index (χ0v) is 13.5. The maximum atomic E-state index is 11.0. The fraction of sp³-hybridized carbons (Fsp3) is 0.938. The molecule has 20 heavy (non-hydrogen) atoms. The first kappa shape index (κ1) is 14.7. The molecular weight excluding hydrogens is 270 g/mol. The molecule has 0 aromatic rings. The second kappa shape index (κ2) is 5.53. The standard InChI is InChI=1S/C16H27NO2S/c1-16(2)8-14(9-20-10-16)17-12-3-4-13(17)6-11(5-12)7-15(18)19/h11-14H,3-10H2,1-2H3,(H,18,19). The molecule has 3 unspecified atom stereocenters. The SMILES string of the molecule is CC1(C)CSCC(N2C3CCC2CC(CC(=O)O)C3)C1. The van der Waals surface area contributed by atoms with Gasteiger partial charge in [0.1, 0.15) is 0 Å². The molecule has 3 fully saturated rings. The van der Waals surface area contributed by atoms with Gasteiger partial charge in [0, 0.05) is 30.3 Å². The van der Waals surface area contributed by atoms with Crippen molar-refractivity contribution in [1.82, 2.24) is 4.90 Å². The molecule has 0 spiro atoms. The summed E-state index contributed by atoms with van der Waals surface area (Å²) >= 11 is 2.11. The van der Waals surface area contributed by atoms with Crippen molar-refractivity contribution >= 4 is 17.7 Å². The predicted molar refractivity (Wildman–Crippen MR) is 83.1 cm³/mol. The molecule has 0 radical (unpaired) electrons. The average Bonchev–Trinajstić information content (AvgIpc) is 2.59. The minimum absolute atomic E-state index is 0.381. The third kappa shape index (κ3) is 3.01. The van der Waals surface area contributed by atoms with E-state index in [9.17, 15) is 4.79 Å². The minimum Gasteiger partial charge on any atom is -0.481 e. The van der Waals surface area contributed by atoms with E-state index in [-0.39, 0.29) is 0 Å². The number of carbonyl (C=O) groups is 1. The smallest absolute Gasteiger partial charge is 0.303 e. The summed E-state index contributed by atoms with van der Waals surface area (Å²) in [6, 6.07) is 2.06. The lowest BCUT2D eigenvalue weighted by Gasteiger charge is -2.47. The number of nitrogens with zero attached hydrogens (tertiary/aromatic N) is 1. The first-order chi connectivity index (χ1) is 9.44. The summed E-state index contributed by atoms with van der Waals surface area (Å²) < 4.78 is 0. The Labute approximate surface area is 126 Å². The number of carboxylic acids is 1. The third-order valence-electron chi connectivity index (χ3n) is 5.36. The number of piperidine rings is 1. The zero-order valence-electron chi connectivity index (χ0n) is 12.7. The number of rotatable bonds is 3. The van der Waals surface area contributed by atoms with Crippen LogP contribution in [0.3, 0.4) is 0 Å². The van der Waals surface area contributed by atoms with Crippen LogP contribution in [-0.4, -0.2) is 45.6 Å². The van der Waals surface area contributed by atoms with Crippen molar-refractivity contribution < 1.29 is 9.90 Å². The van der Waals surface area contributed by atoms with E-state index in [1.807, 2.05) is 0 Å². The van der Waals surface area contributed by atoms with Crippen molar-refractivity contribution in [3.63, 3.8) is 0 Å². The predicted octanol–water partition coefficient (Wildman–Crippen LogP) is 3.24. The molecule has 0 aromatic heterocycles. The Kier molecular flexibility index (Phi) is 4.06. The van der Waals surface area contributed by atoms with Gasteiger partial charge in [0.15, 0.2) is 0 Å². The van der Waals surface area contributed by atoms with Gasteiger partial charge in [-0.15, -0.1) is 0 Å². The number of thioether (sulfide) groups is 1. The van der Waals surface area contributed by atoms with Crippen molar-refractivity contribution in [3.8, 4) is 0 Å². The second-order valence-corrected chi connectivity index (χ2v) is 8.84. The lowest BCUT2D eigenvalue weighted by molar-refractivity contribution is -0.138. The van der Waals surface area contributed by atoms with E-state index in [0.29, 0.717) is 29.8 Å². The van der Waals surface area contributed by atoms with Gasteiger partial charge in [-0.1, -0.05) is 13.8 Å². The summed E-state index contributed by atoms with van der Waals surface area (Å²) in [5.74, 6) is 2.37. The monoisotopic (exact) mass is 297 g/mol. The average molecular weight is 297 g/mol. The normalized spacial score (nSPS) is 40.7. The van der Waals surface area contributed by atoms with Crippen LogP contribution in [0.15, 0.2) is 0 Å². The first-order valence-corrected chi connectivity index (χ1v) is 9.17. The summed E-state index contributed by atoms with van der Waals surface area (Å²) in [4.78, 5) is 13.8. The lowest BCUT2D eigenvalue weighted by atomic mass is 9.83. The summed E-state index contributed by atoms with van der Waals surface area (Å²) in [5.41, 5.74) is 0.463. The molecule has 0 amide bonds. The van der Waals surface area contributed by atoms with Crippen LogP contribution in [0.4, 0.5) is 0 Å². The van der Waals surface area contributed by atoms with E-state index in [4.69, 9.17) is 5.11 Å². The Balaban J connectivity index is 1.66. The molecule has 3 atom stereocenters. The maximum Gasteiger partial charge on any atom is 0.303 e. The van der Waals surface area contributed by atoms with Gasteiger partial charge in [-0.2, -0.15) is 11.8 Å². The van der Waals surface area contributed by atoms with Gasteiger partial charge in [0.25, 0.3) is 0 Å². The quantitative estimate of drug-likeness (QED) is 0.868. The van der Waals surface area contributed by atoms with E-state index in [2.05, 4.69) is 30.5 Å². The van der Waals surface area contributed by atoms with E-state index in [0.717, 1.165) is 18.9 Å². The van der Waals surface area contributed by atoms with Crippen molar-refractivity contribution in [2.24, 2.45) is 11.3 Å². The zero-order chi connectivity index (χ0) is 14.3. The lowest BCUT2D eigenvalue weighted by Crippen LogP contribution is -2.52. The van der Waals surface area contributed by atoms with Gasteiger partial charge in [0.2, 0.25) is 0 Å². The van der Waals surface area contributed by atoms with Crippen LogP contribution in [0.2, 0.25) is 0 Å². The van der Waals surface area contributed by atoms with Gasteiger partial charge in [0.05, 0.1) is 0 Å². The number of aliphatic carboxylic acids is 1. The molecule has 0 saturated carbocycles. The highest BCUT2D eigenvalue weighted by molar-refractivity contribution is 7.99. The summed E-state index contributed by atoms with van der Waals surface area (Å²) in [5, 5.41) is 9.02. The van der Waals surface area contributed by atoms with Crippen LogP contribution in [0.5, 0.6) is 0 Å². The van der Waals surface area contributed by atoms with Gasteiger partial charge >= 0.3 is 5.97 Å². The topological polar surface area (TPSA) is 40.5 Å². The minimum atomic E-state index is -0.614. The van der Waals surface area contributed by atoms with Crippen LogP contribution in [-0.2, 0) is 4.79 Å². The highest BCUT2D eigenvalue weighted by Crippen LogP contribution is 2.45. The fourth-order valence-electron chi connectivity index (χ4n) is 4.75. The number of carboxylic acid groups (broad SMARTS) is 1. The van der Waals surface area contributed by atoms with Crippen molar-refractivity contribution in [2.75, 3.05) is 11.5 Å². The van der Waals surface area contributed by atoms with E-state index in [1.54, 1.807) is 0 Å². The van der Waals surface area contributed by atoms with Gasteiger partial charge < -0.3 is 5.11 Å². The Hall–Kier alpha value is -0.220. The number of fused-ring (bicyclic) bond motifs is 2. The maximum absolute atomic E-state index is 11.0. The van der Waals surface area contributed by atoms with Gasteiger partial charge in [-0.25, -0.2) is 0 Å². The van der Waals surface area contributed by atoms with Gasteiger partial charge in [-0.3, -0.25) is 9.69 Å².